The molecule has 3 heterocycles. The highest BCUT2D eigenvalue weighted by molar-refractivity contribution is 7.10. The van der Waals surface area contributed by atoms with Gasteiger partial charge in [0, 0.05) is 24.6 Å². The van der Waals surface area contributed by atoms with Crippen LogP contribution in [0.1, 0.15) is 34.9 Å². The molecule has 3 aromatic rings. The lowest BCUT2D eigenvalue weighted by Crippen LogP contribution is -2.49. The number of rotatable bonds is 9. The topological polar surface area (TPSA) is 59.1 Å². The normalized spacial score (nSPS) is 18.9. The monoisotopic (exact) mass is 522 g/mol. The predicted octanol–water partition coefficient (Wildman–Crippen LogP) is 4.64. The van der Waals surface area contributed by atoms with E-state index in [2.05, 4.69) is 0 Å². The van der Waals surface area contributed by atoms with Crippen molar-refractivity contribution in [3.8, 4) is 5.75 Å². The molecular weight excluding hydrogens is 491 g/mol. The third kappa shape index (κ3) is 6.37. The Kier molecular flexibility index (Phi) is 8.16. The molecule has 0 bridgehead atoms. The first-order chi connectivity index (χ1) is 18.1. The molecule has 37 heavy (non-hydrogen) atoms. The minimum Gasteiger partial charge on any atom is -0.491 e. The summed E-state index contributed by atoms with van der Waals surface area (Å²) in [5.74, 6) is 0.0361. The highest BCUT2D eigenvalue weighted by Gasteiger charge is 2.34. The van der Waals surface area contributed by atoms with Crippen molar-refractivity contribution in [1.29, 1.82) is 0 Å². The predicted molar refractivity (Wildman–Crippen MR) is 140 cm³/mol. The fraction of sp³-hybridized carbons (Fsp3) is 0.379. The third-order valence-electron chi connectivity index (χ3n) is 6.96. The number of amides is 2. The maximum atomic E-state index is 13.7. The van der Waals surface area contributed by atoms with E-state index < -0.39 is 0 Å². The summed E-state index contributed by atoms with van der Waals surface area (Å²) in [6.45, 7) is 1.91. The van der Waals surface area contributed by atoms with Gasteiger partial charge in [-0.25, -0.2) is 4.39 Å². The standard InChI is InChI=1S/C29H31FN2O4S/c30-22-8-10-23(11-9-22)36-20-26-25-13-16-37-27(25)12-14-32(26)29(34)19-31(18-24-7-4-15-35-24)28(33)17-21-5-2-1-3-6-21/h1-3,5-6,8-11,13,16,24,26H,4,7,12,14-15,17-20H2/t24-,26+/m0/s1. The lowest BCUT2D eigenvalue weighted by molar-refractivity contribution is -0.143. The number of fused-ring (bicyclic) bond motifs is 1. The Morgan fingerprint density at radius 2 is 1.92 bits per heavy atom. The summed E-state index contributed by atoms with van der Waals surface area (Å²) < 4.78 is 25.1. The van der Waals surface area contributed by atoms with E-state index in [1.54, 1.807) is 28.4 Å². The van der Waals surface area contributed by atoms with E-state index in [-0.39, 0.29) is 49.3 Å². The third-order valence-corrected chi connectivity index (χ3v) is 7.96. The van der Waals surface area contributed by atoms with Crippen LogP contribution in [0.25, 0.3) is 0 Å². The molecule has 1 saturated heterocycles. The average Bonchev–Trinajstić information content (AvgIpc) is 3.60. The zero-order valence-corrected chi connectivity index (χ0v) is 21.5. The largest absolute Gasteiger partial charge is 0.491 e. The Morgan fingerprint density at radius 3 is 2.68 bits per heavy atom. The SMILES string of the molecule is O=C(Cc1ccccc1)N(CC(=O)N1CCc2sccc2[C@H]1COc1ccc(F)cc1)C[C@@H]1CCCO1. The summed E-state index contributed by atoms with van der Waals surface area (Å²) in [6, 6.07) is 17.3. The van der Waals surface area contributed by atoms with Crippen molar-refractivity contribution in [3.05, 3.63) is 87.9 Å². The lowest BCUT2D eigenvalue weighted by Gasteiger charge is -2.37. The van der Waals surface area contributed by atoms with E-state index in [9.17, 15) is 14.0 Å². The highest BCUT2D eigenvalue weighted by Crippen LogP contribution is 2.34. The average molecular weight is 523 g/mol. The van der Waals surface area contributed by atoms with Gasteiger partial charge < -0.3 is 19.3 Å². The van der Waals surface area contributed by atoms with Crippen LogP contribution in [-0.2, 0) is 27.2 Å². The minimum atomic E-state index is -0.326. The number of hydrogen-bond acceptors (Lipinski definition) is 5. The maximum Gasteiger partial charge on any atom is 0.242 e. The number of benzene rings is 2. The van der Waals surface area contributed by atoms with E-state index in [4.69, 9.17) is 9.47 Å². The quantitative estimate of drug-likeness (QED) is 0.411. The van der Waals surface area contributed by atoms with E-state index in [0.29, 0.717) is 25.4 Å². The molecule has 2 aliphatic heterocycles. The first-order valence-electron chi connectivity index (χ1n) is 12.7. The molecule has 1 fully saturated rings. The molecule has 2 aliphatic rings. The van der Waals surface area contributed by atoms with Gasteiger partial charge in [0.2, 0.25) is 11.8 Å². The number of hydrogen-bond donors (Lipinski definition) is 0. The van der Waals surface area contributed by atoms with Gasteiger partial charge in [0.1, 0.15) is 18.2 Å². The molecule has 0 saturated carbocycles. The maximum absolute atomic E-state index is 13.7. The Bertz CT molecular complexity index is 1190. The number of thiophene rings is 1. The van der Waals surface area contributed by atoms with Crippen LogP contribution in [0.5, 0.6) is 5.75 Å². The van der Waals surface area contributed by atoms with Crippen LogP contribution in [0.4, 0.5) is 4.39 Å². The van der Waals surface area contributed by atoms with Crippen molar-refractivity contribution < 1.29 is 23.5 Å². The molecule has 0 radical (unpaired) electrons. The van der Waals surface area contributed by atoms with E-state index in [0.717, 1.165) is 30.4 Å². The van der Waals surface area contributed by atoms with Gasteiger partial charge in [0.25, 0.3) is 0 Å². The van der Waals surface area contributed by atoms with Crippen LogP contribution in [0, 0.1) is 5.82 Å². The van der Waals surface area contributed by atoms with Crippen molar-refractivity contribution >= 4 is 23.2 Å². The Balaban J connectivity index is 1.31. The molecule has 1 aromatic heterocycles. The summed E-state index contributed by atoms with van der Waals surface area (Å²) >= 11 is 1.68. The van der Waals surface area contributed by atoms with Crippen molar-refractivity contribution in [2.45, 2.75) is 37.8 Å². The van der Waals surface area contributed by atoms with E-state index in [1.165, 1.54) is 17.0 Å². The molecule has 2 aromatic carbocycles. The molecule has 2 atom stereocenters. The molecule has 0 unspecified atom stereocenters. The van der Waals surface area contributed by atoms with Gasteiger partial charge in [0.15, 0.2) is 0 Å². The lowest BCUT2D eigenvalue weighted by atomic mass is 10.00. The van der Waals surface area contributed by atoms with Crippen LogP contribution in [-0.4, -0.2) is 60.6 Å². The van der Waals surface area contributed by atoms with Gasteiger partial charge in [0.05, 0.1) is 25.1 Å². The number of halogens is 1. The van der Waals surface area contributed by atoms with E-state index in [1.807, 2.05) is 46.7 Å². The summed E-state index contributed by atoms with van der Waals surface area (Å²) in [5, 5.41) is 2.04. The van der Waals surface area contributed by atoms with E-state index >= 15 is 0 Å². The molecule has 0 spiro atoms. The van der Waals surface area contributed by atoms with Crippen LogP contribution in [0.15, 0.2) is 66.0 Å². The first-order valence-corrected chi connectivity index (χ1v) is 13.6. The number of nitrogens with zero attached hydrogens (tertiary/aromatic N) is 2. The Hall–Kier alpha value is -3.23. The molecule has 5 rings (SSSR count). The summed E-state index contributed by atoms with van der Waals surface area (Å²) in [4.78, 5) is 31.8. The molecule has 194 valence electrons. The molecular formula is C29H31FN2O4S. The van der Waals surface area contributed by atoms with Crippen molar-refractivity contribution in [2.75, 3.05) is 32.8 Å². The Morgan fingerprint density at radius 1 is 1.11 bits per heavy atom. The molecule has 0 N–H and O–H groups in total. The number of carbonyl (C=O) groups excluding carboxylic acids is 2. The Labute approximate surface area is 220 Å². The van der Waals surface area contributed by atoms with Gasteiger partial charge in [-0.1, -0.05) is 30.3 Å². The summed E-state index contributed by atoms with van der Waals surface area (Å²) in [6.07, 6.45) is 2.83. The molecule has 6 nitrogen and oxygen atoms in total. The zero-order chi connectivity index (χ0) is 25.6. The van der Waals surface area contributed by atoms with Gasteiger partial charge >= 0.3 is 0 Å². The molecule has 0 aliphatic carbocycles. The fourth-order valence-electron chi connectivity index (χ4n) is 5.01. The van der Waals surface area contributed by atoms with Crippen molar-refractivity contribution in [1.82, 2.24) is 9.80 Å². The second-order valence-corrected chi connectivity index (χ2v) is 10.5. The van der Waals surface area contributed by atoms with Crippen LogP contribution in [0.3, 0.4) is 0 Å². The van der Waals surface area contributed by atoms with Crippen LogP contribution in [0.2, 0.25) is 0 Å². The number of ether oxygens (including phenoxy) is 2. The number of carbonyl (C=O) groups is 2. The zero-order valence-electron chi connectivity index (χ0n) is 20.7. The highest BCUT2D eigenvalue weighted by atomic mass is 32.1. The molecule has 8 heteroatoms. The summed E-state index contributed by atoms with van der Waals surface area (Å²) in [7, 11) is 0. The van der Waals surface area contributed by atoms with Gasteiger partial charge in [-0.15, -0.1) is 11.3 Å². The second kappa shape index (κ2) is 11.9. The van der Waals surface area contributed by atoms with Gasteiger partial charge in [-0.3, -0.25) is 9.59 Å². The minimum absolute atomic E-state index is 0.00194. The summed E-state index contributed by atoms with van der Waals surface area (Å²) in [5.41, 5.74) is 2.00. The smallest absolute Gasteiger partial charge is 0.242 e. The van der Waals surface area contributed by atoms with Crippen LogP contribution >= 0.6 is 11.3 Å². The second-order valence-electron chi connectivity index (χ2n) is 9.49. The van der Waals surface area contributed by atoms with Crippen molar-refractivity contribution in [2.24, 2.45) is 0 Å². The molecule has 2 amide bonds. The van der Waals surface area contributed by atoms with Gasteiger partial charge in [-0.2, -0.15) is 0 Å². The van der Waals surface area contributed by atoms with Gasteiger partial charge in [-0.05, 0) is 66.1 Å². The van der Waals surface area contributed by atoms with Crippen LogP contribution < -0.4 is 4.74 Å². The first kappa shape index (κ1) is 25.4. The fourth-order valence-corrected chi connectivity index (χ4v) is 5.93. The van der Waals surface area contributed by atoms with Crippen molar-refractivity contribution in [3.63, 3.8) is 0 Å².